The summed E-state index contributed by atoms with van der Waals surface area (Å²) in [6, 6.07) is 9.02. The van der Waals surface area contributed by atoms with Gasteiger partial charge in [0.25, 0.3) is 5.91 Å². The molecule has 0 unspecified atom stereocenters. The van der Waals surface area contributed by atoms with Gasteiger partial charge in [-0.15, -0.1) is 0 Å². The van der Waals surface area contributed by atoms with Crippen LogP contribution in [0.1, 0.15) is 16.1 Å². The van der Waals surface area contributed by atoms with Crippen molar-refractivity contribution in [2.75, 3.05) is 7.05 Å². The zero-order valence-corrected chi connectivity index (χ0v) is 10.4. The summed E-state index contributed by atoms with van der Waals surface area (Å²) in [5.74, 6) is -0.388. The summed E-state index contributed by atoms with van der Waals surface area (Å²) in [7, 11) is 1.64. The standard InChI is InChI=1S/C13H11ClFNO2/c1-16(8-9-2-4-10(15)5-3-9)13(17)11-6-7-12(14)18-11/h2-7H,8H2,1H3. The molecule has 0 saturated heterocycles. The van der Waals surface area contributed by atoms with Gasteiger partial charge in [0, 0.05) is 13.6 Å². The fourth-order valence-electron chi connectivity index (χ4n) is 1.55. The highest BCUT2D eigenvalue weighted by molar-refractivity contribution is 6.29. The minimum absolute atomic E-state index is 0.175. The summed E-state index contributed by atoms with van der Waals surface area (Å²) in [5, 5.41) is 0.175. The second-order valence-corrected chi connectivity index (χ2v) is 4.26. The molecule has 0 atom stereocenters. The van der Waals surface area contributed by atoms with E-state index in [2.05, 4.69) is 0 Å². The molecule has 1 amide bonds. The Balaban J connectivity index is 2.05. The lowest BCUT2D eigenvalue weighted by Crippen LogP contribution is -2.25. The molecule has 2 aromatic rings. The number of nitrogens with zero attached hydrogens (tertiary/aromatic N) is 1. The molecular formula is C13H11ClFNO2. The topological polar surface area (TPSA) is 33.5 Å². The lowest BCUT2D eigenvalue weighted by molar-refractivity contribution is 0.0753. The van der Waals surface area contributed by atoms with Crippen LogP contribution in [0, 0.1) is 5.82 Å². The Morgan fingerprint density at radius 2 is 1.94 bits per heavy atom. The number of carbonyl (C=O) groups excluding carboxylic acids is 1. The number of benzene rings is 1. The Morgan fingerprint density at radius 1 is 1.28 bits per heavy atom. The highest BCUT2D eigenvalue weighted by Crippen LogP contribution is 2.15. The molecule has 94 valence electrons. The monoisotopic (exact) mass is 267 g/mol. The molecule has 0 spiro atoms. The highest BCUT2D eigenvalue weighted by atomic mass is 35.5. The van der Waals surface area contributed by atoms with Crippen LogP contribution in [-0.4, -0.2) is 17.9 Å². The minimum Gasteiger partial charge on any atom is -0.440 e. The number of hydrogen-bond donors (Lipinski definition) is 0. The molecule has 0 aliphatic heterocycles. The van der Waals surface area contributed by atoms with Crippen molar-refractivity contribution in [1.29, 1.82) is 0 Å². The Labute approximate surface area is 109 Å². The first-order valence-electron chi connectivity index (χ1n) is 5.31. The first kappa shape index (κ1) is 12.6. The van der Waals surface area contributed by atoms with E-state index in [0.29, 0.717) is 6.54 Å². The first-order valence-corrected chi connectivity index (χ1v) is 5.69. The molecule has 2 rings (SSSR count). The van der Waals surface area contributed by atoms with Gasteiger partial charge >= 0.3 is 0 Å². The quantitative estimate of drug-likeness (QED) is 0.854. The van der Waals surface area contributed by atoms with Crippen molar-refractivity contribution in [1.82, 2.24) is 4.90 Å². The maximum Gasteiger partial charge on any atom is 0.289 e. The van der Waals surface area contributed by atoms with Crippen LogP contribution in [0.15, 0.2) is 40.8 Å². The fourth-order valence-corrected chi connectivity index (χ4v) is 1.70. The maximum absolute atomic E-state index is 12.7. The van der Waals surface area contributed by atoms with Crippen LogP contribution in [0.4, 0.5) is 4.39 Å². The van der Waals surface area contributed by atoms with Crippen molar-refractivity contribution in [2.45, 2.75) is 6.54 Å². The van der Waals surface area contributed by atoms with E-state index in [1.54, 1.807) is 19.2 Å². The molecule has 1 aromatic heterocycles. The van der Waals surface area contributed by atoms with Gasteiger partial charge in [-0.3, -0.25) is 4.79 Å². The van der Waals surface area contributed by atoms with Crippen LogP contribution >= 0.6 is 11.6 Å². The number of hydrogen-bond acceptors (Lipinski definition) is 2. The van der Waals surface area contributed by atoms with Gasteiger partial charge in [0.05, 0.1) is 0 Å². The van der Waals surface area contributed by atoms with Crippen molar-refractivity contribution in [2.24, 2.45) is 0 Å². The van der Waals surface area contributed by atoms with Crippen LogP contribution in [0.25, 0.3) is 0 Å². The van der Waals surface area contributed by atoms with Crippen LogP contribution in [0.5, 0.6) is 0 Å². The first-order chi connectivity index (χ1) is 8.56. The average Bonchev–Trinajstić information content (AvgIpc) is 2.78. The van der Waals surface area contributed by atoms with Crippen molar-refractivity contribution in [3.8, 4) is 0 Å². The summed E-state index contributed by atoms with van der Waals surface area (Å²) in [6.07, 6.45) is 0. The van der Waals surface area contributed by atoms with Crippen molar-refractivity contribution in [3.63, 3.8) is 0 Å². The van der Waals surface area contributed by atoms with E-state index in [9.17, 15) is 9.18 Å². The Bertz CT molecular complexity index is 550. The van der Waals surface area contributed by atoms with E-state index >= 15 is 0 Å². The van der Waals surface area contributed by atoms with E-state index < -0.39 is 0 Å². The predicted octanol–water partition coefficient (Wildman–Crippen LogP) is 3.34. The molecule has 18 heavy (non-hydrogen) atoms. The molecule has 0 bridgehead atoms. The Kier molecular flexibility index (Phi) is 3.67. The smallest absolute Gasteiger partial charge is 0.289 e. The van der Waals surface area contributed by atoms with Crippen molar-refractivity contribution in [3.05, 3.63) is 58.8 Å². The maximum atomic E-state index is 12.7. The second-order valence-electron chi connectivity index (χ2n) is 3.89. The van der Waals surface area contributed by atoms with Crippen LogP contribution < -0.4 is 0 Å². The number of amides is 1. The third kappa shape index (κ3) is 2.90. The molecule has 0 fully saturated rings. The van der Waals surface area contributed by atoms with Gasteiger partial charge in [-0.2, -0.15) is 0 Å². The Hall–Kier alpha value is -1.81. The normalized spacial score (nSPS) is 10.4. The molecule has 0 N–H and O–H groups in total. The largest absolute Gasteiger partial charge is 0.440 e. The van der Waals surface area contributed by atoms with E-state index in [4.69, 9.17) is 16.0 Å². The van der Waals surface area contributed by atoms with Gasteiger partial charge in [0.15, 0.2) is 11.0 Å². The molecule has 5 heteroatoms. The fraction of sp³-hybridized carbons (Fsp3) is 0.154. The van der Waals surface area contributed by atoms with Crippen LogP contribution in [0.3, 0.4) is 0 Å². The third-order valence-electron chi connectivity index (χ3n) is 2.46. The third-order valence-corrected chi connectivity index (χ3v) is 2.67. The Morgan fingerprint density at radius 3 is 2.50 bits per heavy atom. The number of carbonyl (C=O) groups is 1. The van der Waals surface area contributed by atoms with Gasteiger partial charge in [-0.05, 0) is 41.4 Å². The van der Waals surface area contributed by atoms with Crippen molar-refractivity contribution >= 4 is 17.5 Å². The molecule has 0 radical (unpaired) electrons. The SMILES string of the molecule is CN(Cc1ccc(F)cc1)C(=O)c1ccc(Cl)o1. The molecule has 0 saturated carbocycles. The van der Waals surface area contributed by atoms with E-state index in [1.807, 2.05) is 0 Å². The average molecular weight is 268 g/mol. The van der Waals surface area contributed by atoms with E-state index in [-0.39, 0.29) is 22.7 Å². The lowest BCUT2D eigenvalue weighted by Gasteiger charge is -2.15. The van der Waals surface area contributed by atoms with Crippen molar-refractivity contribution < 1.29 is 13.6 Å². The zero-order valence-electron chi connectivity index (χ0n) is 9.69. The predicted molar refractivity (Wildman–Crippen MR) is 65.9 cm³/mol. The molecule has 0 aliphatic carbocycles. The van der Waals surface area contributed by atoms with Gasteiger partial charge in [0.1, 0.15) is 5.82 Å². The summed E-state index contributed by atoms with van der Waals surface area (Å²) in [5.41, 5.74) is 0.838. The molecule has 3 nitrogen and oxygen atoms in total. The molecular weight excluding hydrogens is 257 g/mol. The van der Waals surface area contributed by atoms with Gasteiger partial charge in [-0.1, -0.05) is 12.1 Å². The van der Waals surface area contributed by atoms with Gasteiger partial charge < -0.3 is 9.32 Å². The number of rotatable bonds is 3. The van der Waals surface area contributed by atoms with Gasteiger partial charge in [0.2, 0.25) is 0 Å². The van der Waals surface area contributed by atoms with Crippen LogP contribution in [0.2, 0.25) is 5.22 Å². The second kappa shape index (κ2) is 5.23. The highest BCUT2D eigenvalue weighted by Gasteiger charge is 2.15. The van der Waals surface area contributed by atoms with E-state index in [0.717, 1.165) is 5.56 Å². The number of halogens is 2. The summed E-state index contributed by atoms with van der Waals surface area (Å²) in [4.78, 5) is 13.4. The molecule has 1 aromatic carbocycles. The molecule has 1 heterocycles. The lowest BCUT2D eigenvalue weighted by atomic mass is 10.2. The summed E-state index contributed by atoms with van der Waals surface area (Å²) < 4.78 is 17.8. The summed E-state index contributed by atoms with van der Waals surface area (Å²) >= 11 is 5.61. The van der Waals surface area contributed by atoms with Crippen LogP contribution in [-0.2, 0) is 6.54 Å². The molecule has 0 aliphatic rings. The van der Waals surface area contributed by atoms with Gasteiger partial charge in [-0.25, -0.2) is 4.39 Å². The summed E-state index contributed by atoms with van der Waals surface area (Å²) in [6.45, 7) is 0.372. The minimum atomic E-state index is -0.300. The zero-order chi connectivity index (χ0) is 13.1. The van der Waals surface area contributed by atoms with E-state index in [1.165, 1.54) is 29.2 Å². The number of furan rings is 1.